The number of pyridine rings is 1. The Morgan fingerprint density at radius 1 is 1.12 bits per heavy atom. The van der Waals surface area contributed by atoms with Gasteiger partial charge in [0.25, 0.3) is 5.91 Å². The summed E-state index contributed by atoms with van der Waals surface area (Å²) in [4.78, 5) is 20.8. The minimum absolute atomic E-state index is 0.0653. The Hall–Kier alpha value is -3.45. The van der Waals surface area contributed by atoms with Crippen molar-refractivity contribution in [2.24, 2.45) is 0 Å². The molecule has 0 spiro atoms. The van der Waals surface area contributed by atoms with Crippen molar-refractivity contribution >= 4 is 17.4 Å². The lowest BCUT2D eigenvalue weighted by atomic mass is 9.94. The number of benzene rings is 2. The van der Waals surface area contributed by atoms with Crippen LogP contribution in [0, 0.1) is 5.95 Å². The third-order valence-electron chi connectivity index (χ3n) is 7.18. The zero-order valence-corrected chi connectivity index (χ0v) is 19.6. The first kappa shape index (κ1) is 22.3. The monoisotopic (exact) mass is 459 g/mol. The van der Waals surface area contributed by atoms with E-state index in [1.165, 1.54) is 0 Å². The van der Waals surface area contributed by atoms with Gasteiger partial charge in [-0.3, -0.25) is 4.79 Å². The van der Waals surface area contributed by atoms with Crippen LogP contribution in [0.3, 0.4) is 0 Å². The lowest BCUT2D eigenvalue weighted by Gasteiger charge is -2.24. The molecule has 2 aromatic carbocycles. The van der Waals surface area contributed by atoms with Crippen LogP contribution in [0.1, 0.15) is 29.3 Å². The Bertz CT molecular complexity index is 1230. The molecule has 7 heteroatoms. The predicted octanol–water partition coefficient (Wildman–Crippen LogP) is 3.95. The van der Waals surface area contributed by atoms with Crippen LogP contribution in [0.4, 0.5) is 15.9 Å². The van der Waals surface area contributed by atoms with Gasteiger partial charge in [0.2, 0.25) is 5.95 Å². The summed E-state index contributed by atoms with van der Waals surface area (Å²) in [5.41, 5.74) is 11.6. The van der Waals surface area contributed by atoms with Crippen LogP contribution in [0.15, 0.2) is 48.5 Å². The van der Waals surface area contributed by atoms with Crippen molar-refractivity contribution < 1.29 is 9.18 Å². The first-order valence-electron chi connectivity index (χ1n) is 11.9. The van der Waals surface area contributed by atoms with Crippen molar-refractivity contribution in [1.29, 1.82) is 0 Å². The minimum atomic E-state index is -0.586. The number of nitrogens with two attached hydrogens (primary N) is 1. The highest BCUT2D eigenvalue weighted by Crippen LogP contribution is 2.34. The molecule has 1 aromatic heterocycles. The molecule has 0 saturated carbocycles. The smallest absolute Gasteiger partial charge is 0.251 e. The molecule has 2 aliphatic rings. The SMILES string of the molecule is CCN(C)C1CCN(c2ccc(-c3cc(-c4ccc5c(c4)CCNC5=O)c(N)nc3F)cc2)C1. The molecule has 3 aromatic rings. The van der Waals surface area contributed by atoms with E-state index < -0.39 is 5.95 Å². The summed E-state index contributed by atoms with van der Waals surface area (Å²) < 4.78 is 14.9. The van der Waals surface area contributed by atoms with Crippen LogP contribution in [-0.2, 0) is 6.42 Å². The number of hydrogen-bond donors (Lipinski definition) is 2. The molecule has 0 aliphatic carbocycles. The number of likely N-dealkylation sites (N-methyl/N-ethyl adjacent to an activating group) is 1. The average molecular weight is 460 g/mol. The standard InChI is InChI=1S/C27H30FN5O/c1-3-32(2)21-11-13-33(16-21)20-7-4-17(5-8-20)23-15-24(26(29)31-25(23)28)18-6-9-22-19(14-18)10-12-30-27(22)34/h4-9,14-15,21H,3,10-13,16H2,1-2H3,(H2,29,31)(H,30,34). The largest absolute Gasteiger partial charge is 0.383 e. The number of carbonyl (C=O) groups excluding carboxylic acids is 1. The molecule has 2 aliphatic heterocycles. The van der Waals surface area contributed by atoms with Gasteiger partial charge in [0.1, 0.15) is 5.82 Å². The van der Waals surface area contributed by atoms with Gasteiger partial charge in [0.05, 0.1) is 0 Å². The fourth-order valence-corrected chi connectivity index (χ4v) is 4.98. The van der Waals surface area contributed by atoms with E-state index in [9.17, 15) is 9.18 Å². The lowest BCUT2D eigenvalue weighted by Crippen LogP contribution is -2.34. The number of aromatic nitrogens is 1. The van der Waals surface area contributed by atoms with Gasteiger partial charge in [-0.05, 0) is 67.4 Å². The van der Waals surface area contributed by atoms with E-state index in [-0.39, 0.29) is 11.7 Å². The second kappa shape index (κ2) is 9.06. The van der Waals surface area contributed by atoms with Gasteiger partial charge >= 0.3 is 0 Å². The Labute approximate surface area is 199 Å². The average Bonchev–Trinajstić information content (AvgIpc) is 3.34. The van der Waals surface area contributed by atoms with Gasteiger partial charge in [-0.15, -0.1) is 0 Å². The summed E-state index contributed by atoms with van der Waals surface area (Å²) in [5, 5.41) is 2.85. The molecule has 5 rings (SSSR count). The van der Waals surface area contributed by atoms with Gasteiger partial charge < -0.3 is 20.9 Å². The Kier molecular flexibility index (Phi) is 5.96. The number of nitrogens with one attached hydrogen (secondary N) is 1. The zero-order valence-electron chi connectivity index (χ0n) is 19.6. The fourth-order valence-electron chi connectivity index (χ4n) is 4.98. The van der Waals surface area contributed by atoms with Crippen LogP contribution in [0.5, 0.6) is 0 Å². The van der Waals surface area contributed by atoms with E-state index >= 15 is 0 Å². The highest BCUT2D eigenvalue weighted by Gasteiger charge is 2.25. The summed E-state index contributed by atoms with van der Waals surface area (Å²) in [5.74, 6) is -0.511. The Balaban J connectivity index is 1.43. The predicted molar refractivity (Wildman–Crippen MR) is 134 cm³/mol. The van der Waals surface area contributed by atoms with Crippen molar-refractivity contribution in [3.8, 4) is 22.3 Å². The number of rotatable bonds is 5. The molecule has 1 fully saturated rings. The van der Waals surface area contributed by atoms with Gasteiger partial charge in [-0.1, -0.05) is 31.2 Å². The molecule has 1 amide bonds. The van der Waals surface area contributed by atoms with Crippen LogP contribution >= 0.6 is 0 Å². The molecular formula is C27H30FN5O. The van der Waals surface area contributed by atoms with Crippen molar-refractivity contribution in [2.45, 2.75) is 25.8 Å². The molecule has 0 bridgehead atoms. The number of carbonyl (C=O) groups is 1. The lowest BCUT2D eigenvalue weighted by molar-refractivity contribution is 0.0946. The molecule has 176 valence electrons. The molecule has 0 radical (unpaired) electrons. The Morgan fingerprint density at radius 2 is 1.88 bits per heavy atom. The summed E-state index contributed by atoms with van der Waals surface area (Å²) in [6, 6.07) is 15.9. The minimum Gasteiger partial charge on any atom is -0.383 e. The summed E-state index contributed by atoms with van der Waals surface area (Å²) >= 11 is 0. The van der Waals surface area contributed by atoms with Crippen LogP contribution in [0.2, 0.25) is 0 Å². The van der Waals surface area contributed by atoms with Crippen molar-refractivity contribution in [1.82, 2.24) is 15.2 Å². The third-order valence-corrected chi connectivity index (χ3v) is 7.18. The highest BCUT2D eigenvalue weighted by molar-refractivity contribution is 5.97. The first-order chi connectivity index (χ1) is 16.4. The van der Waals surface area contributed by atoms with Crippen molar-refractivity contribution in [3.63, 3.8) is 0 Å². The summed E-state index contributed by atoms with van der Waals surface area (Å²) in [6.45, 7) is 5.85. The third kappa shape index (κ3) is 4.12. The quantitative estimate of drug-likeness (QED) is 0.565. The molecule has 34 heavy (non-hydrogen) atoms. The van der Waals surface area contributed by atoms with Crippen LogP contribution in [0.25, 0.3) is 22.3 Å². The van der Waals surface area contributed by atoms with Gasteiger partial charge in [-0.25, -0.2) is 4.98 Å². The molecular weight excluding hydrogens is 429 g/mol. The van der Waals surface area contributed by atoms with Crippen LogP contribution in [-0.4, -0.2) is 55.1 Å². The molecule has 1 unspecified atom stereocenters. The maximum Gasteiger partial charge on any atom is 0.251 e. The van der Waals surface area contributed by atoms with Gasteiger partial charge in [0.15, 0.2) is 0 Å². The fraction of sp³-hybridized carbons (Fsp3) is 0.333. The van der Waals surface area contributed by atoms with E-state index in [4.69, 9.17) is 5.73 Å². The van der Waals surface area contributed by atoms with Crippen molar-refractivity contribution in [2.75, 3.05) is 43.9 Å². The zero-order chi connectivity index (χ0) is 23.8. The number of hydrogen-bond acceptors (Lipinski definition) is 5. The number of amides is 1. The number of nitrogen functional groups attached to an aromatic ring is 1. The number of anilines is 2. The molecule has 3 heterocycles. The Morgan fingerprint density at radius 3 is 2.65 bits per heavy atom. The van der Waals surface area contributed by atoms with Crippen molar-refractivity contribution in [3.05, 3.63) is 65.6 Å². The number of nitrogens with zero attached hydrogens (tertiary/aromatic N) is 3. The number of fused-ring (bicyclic) bond motifs is 1. The first-order valence-corrected chi connectivity index (χ1v) is 11.9. The molecule has 6 nitrogen and oxygen atoms in total. The summed E-state index contributed by atoms with van der Waals surface area (Å²) in [6.07, 6.45) is 1.90. The molecule has 1 atom stereocenters. The second-order valence-electron chi connectivity index (χ2n) is 9.15. The van der Waals surface area contributed by atoms with Gasteiger partial charge in [0, 0.05) is 48.1 Å². The maximum atomic E-state index is 14.9. The topological polar surface area (TPSA) is 74.5 Å². The van der Waals surface area contributed by atoms with E-state index in [0.29, 0.717) is 29.3 Å². The highest BCUT2D eigenvalue weighted by atomic mass is 19.1. The van der Waals surface area contributed by atoms with E-state index in [1.54, 1.807) is 12.1 Å². The van der Waals surface area contributed by atoms with E-state index in [1.807, 2.05) is 24.3 Å². The van der Waals surface area contributed by atoms with Gasteiger partial charge in [-0.2, -0.15) is 4.39 Å². The normalized spacial score (nSPS) is 17.7. The van der Waals surface area contributed by atoms with E-state index in [0.717, 1.165) is 54.9 Å². The second-order valence-corrected chi connectivity index (χ2v) is 9.15. The van der Waals surface area contributed by atoms with Crippen LogP contribution < -0.4 is 16.0 Å². The summed E-state index contributed by atoms with van der Waals surface area (Å²) in [7, 11) is 2.17. The maximum absolute atomic E-state index is 14.9. The molecule has 3 N–H and O–H groups in total. The van der Waals surface area contributed by atoms with E-state index in [2.05, 4.69) is 46.2 Å². The number of halogens is 1. The molecule has 1 saturated heterocycles.